The van der Waals surface area contributed by atoms with Crippen molar-refractivity contribution in [3.05, 3.63) is 91.0 Å². The van der Waals surface area contributed by atoms with Crippen LogP contribution in [0.15, 0.2) is 91.0 Å². The molecule has 5 aromatic rings. The molecule has 0 aliphatic carbocycles. The van der Waals surface area contributed by atoms with E-state index in [1.54, 1.807) is 0 Å². The van der Waals surface area contributed by atoms with E-state index >= 15 is 0 Å². The van der Waals surface area contributed by atoms with E-state index in [0.29, 0.717) is 5.46 Å². The van der Waals surface area contributed by atoms with Crippen LogP contribution in [0.4, 0.5) is 0 Å². The molecular formula is C24H17BO2. The lowest BCUT2D eigenvalue weighted by atomic mass is 9.72. The van der Waals surface area contributed by atoms with Gasteiger partial charge in [0.15, 0.2) is 0 Å². The van der Waals surface area contributed by atoms with Gasteiger partial charge in [-0.2, -0.15) is 0 Å². The molecular weight excluding hydrogens is 331 g/mol. The van der Waals surface area contributed by atoms with Gasteiger partial charge in [0.05, 0.1) is 0 Å². The second kappa shape index (κ2) is 6.24. The van der Waals surface area contributed by atoms with E-state index < -0.39 is 7.12 Å². The SMILES string of the molecule is OB(O)c1c2ccccc2c(-c2cccc3ccccc23)c2ccccc12. The molecule has 5 rings (SSSR count). The third-order valence-electron chi connectivity index (χ3n) is 5.29. The summed E-state index contributed by atoms with van der Waals surface area (Å²) in [5.74, 6) is 0. The number of hydrogen-bond donors (Lipinski definition) is 2. The summed E-state index contributed by atoms with van der Waals surface area (Å²) in [5, 5.41) is 26.4. The van der Waals surface area contributed by atoms with Crippen LogP contribution in [-0.4, -0.2) is 17.2 Å². The second-order valence-corrected chi connectivity index (χ2v) is 6.78. The molecule has 27 heavy (non-hydrogen) atoms. The fraction of sp³-hybridized carbons (Fsp3) is 0. The summed E-state index contributed by atoms with van der Waals surface area (Å²) in [6, 6.07) is 30.6. The average Bonchev–Trinajstić information content (AvgIpc) is 2.71. The minimum Gasteiger partial charge on any atom is -0.423 e. The fourth-order valence-electron chi connectivity index (χ4n) is 4.17. The predicted molar refractivity (Wildman–Crippen MR) is 114 cm³/mol. The van der Waals surface area contributed by atoms with E-state index in [1.807, 2.05) is 42.5 Å². The fourth-order valence-corrected chi connectivity index (χ4v) is 4.17. The first-order valence-electron chi connectivity index (χ1n) is 9.03. The lowest BCUT2D eigenvalue weighted by molar-refractivity contribution is 0.426. The zero-order valence-electron chi connectivity index (χ0n) is 14.6. The summed E-state index contributed by atoms with van der Waals surface area (Å²) in [6.07, 6.45) is 0. The molecule has 0 saturated heterocycles. The molecule has 0 bridgehead atoms. The predicted octanol–water partition coefficient (Wildman–Crippen LogP) is 4.49. The molecule has 5 aromatic carbocycles. The Morgan fingerprint density at radius 2 is 0.963 bits per heavy atom. The van der Waals surface area contributed by atoms with Gasteiger partial charge in [-0.05, 0) is 48.9 Å². The van der Waals surface area contributed by atoms with E-state index in [9.17, 15) is 10.0 Å². The van der Waals surface area contributed by atoms with Crippen LogP contribution in [0.1, 0.15) is 0 Å². The van der Waals surface area contributed by atoms with Gasteiger partial charge < -0.3 is 10.0 Å². The summed E-state index contributed by atoms with van der Waals surface area (Å²) in [7, 11) is -1.53. The van der Waals surface area contributed by atoms with Crippen LogP contribution in [0.25, 0.3) is 43.4 Å². The van der Waals surface area contributed by atoms with Crippen LogP contribution < -0.4 is 5.46 Å². The standard InChI is InChI=1S/C24H17BO2/c26-25(27)24-21-13-5-3-11-19(21)23(20-12-4-6-14-22(20)24)18-15-7-9-16-8-1-2-10-17(16)18/h1-15,26-27H. The number of rotatable bonds is 2. The Balaban J connectivity index is 2.05. The molecule has 2 nitrogen and oxygen atoms in total. The Morgan fingerprint density at radius 3 is 1.56 bits per heavy atom. The lowest BCUT2D eigenvalue weighted by Gasteiger charge is -2.18. The van der Waals surface area contributed by atoms with Crippen molar-refractivity contribution in [2.45, 2.75) is 0 Å². The molecule has 0 unspecified atom stereocenters. The summed E-state index contributed by atoms with van der Waals surface area (Å²) >= 11 is 0. The molecule has 0 aliphatic heterocycles. The van der Waals surface area contributed by atoms with E-state index in [2.05, 4.69) is 48.5 Å². The maximum absolute atomic E-state index is 10.1. The normalized spacial score (nSPS) is 11.3. The minimum atomic E-state index is -1.53. The summed E-state index contributed by atoms with van der Waals surface area (Å²) < 4.78 is 0. The molecule has 0 aliphatic rings. The first kappa shape index (κ1) is 16.1. The highest BCUT2D eigenvalue weighted by atomic mass is 16.4. The Morgan fingerprint density at radius 1 is 0.481 bits per heavy atom. The molecule has 2 N–H and O–H groups in total. The summed E-state index contributed by atoms with van der Waals surface area (Å²) in [5.41, 5.74) is 2.84. The molecule has 0 spiro atoms. The molecule has 0 fully saturated rings. The second-order valence-electron chi connectivity index (χ2n) is 6.78. The topological polar surface area (TPSA) is 40.5 Å². The van der Waals surface area contributed by atoms with Crippen molar-refractivity contribution in [1.29, 1.82) is 0 Å². The van der Waals surface area contributed by atoms with E-state index in [1.165, 1.54) is 10.8 Å². The van der Waals surface area contributed by atoms with Crippen molar-refractivity contribution in [1.82, 2.24) is 0 Å². The zero-order valence-corrected chi connectivity index (χ0v) is 14.6. The monoisotopic (exact) mass is 348 g/mol. The summed E-state index contributed by atoms with van der Waals surface area (Å²) in [4.78, 5) is 0. The smallest absolute Gasteiger partial charge is 0.423 e. The van der Waals surface area contributed by atoms with Gasteiger partial charge >= 0.3 is 7.12 Å². The van der Waals surface area contributed by atoms with Crippen LogP contribution in [0.5, 0.6) is 0 Å². The van der Waals surface area contributed by atoms with Crippen LogP contribution >= 0.6 is 0 Å². The first-order chi connectivity index (χ1) is 13.3. The molecule has 0 heterocycles. The highest BCUT2D eigenvalue weighted by Crippen LogP contribution is 2.38. The molecule has 0 radical (unpaired) electrons. The molecule has 0 amide bonds. The number of benzene rings is 5. The van der Waals surface area contributed by atoms with Gasteiger partial charge in [-0.1, -0.05) is 91.0 Å². The lowest BCUT2D eigenvalue weighted by Crippen LogP contribution is -2.31. The van der Waals surface area contributed by atoms with Gasteiger partial charge in [0.1, 0.15) is 0 Å². The van der Waals surface area contributed by atoms with E-state index in [4.69, 9.17) is 0 Å². The Bertz CT molecular complexity index is 1250. The van der Waals surface area contributed by atoms with Crippen molar-refractivity contribution in [3.63, 3.8) is 0 Å². The van der Waals surface area contributed by atoms with Gasteiger partial charge in [0.25, 0.3) is 0 Å². The molecule has 3 heteroatoms. The van der Waals surface area contributed by atoms with Crippen LogP contribution in [0.3, 0.4) is 0 Å². The van der Waals surface area contributed by atoms with Crippen molar-refractivity contribution >= 4 is 44.9 Å². The molecule has 128 valence electrons. The minimum absolute atomic E-state index is 0.560. The van der Waals surface area contributed by atoms with Gasteiger partial charge in [-0.25, -0.2) is 0 Å². The molecule has 0 aromatic heterocycles. The Kier molecular flexibility index (Phi) is 3.71. The number of hydrogen-bond acceptors (Lipinski definition) is 2. The van der Waals surface area contributed by atoms with E-state index in [-0.39, 0.29) is 0 Å². The Labute approximate surface area is 157 Å². The highest BCUT2D eigenvalue weighted by molar-refractivity contribution is 6.66. The van der Waals surface area contributed by atoms with Crippen molar-refractivity contribution in [2.75, 3.05) is 0 Å². The highest BCUT2D eigenvalue weighted by Gasteiger charge is 2.22. The molecule has 0 atom stereocenters. The summed E-state index contributed by atoms with van der Waals surface area (Å²) in [6.45, 7) is 0. The quantitative estimate of drug-likeness (QED) is 0.364. The van der Waals surface area contributed by atoms with Gasteiger partial charge in [-0.15, -0.1) is 0 Å². The van der Waals surface area contributed by atoms with Crippen LogP contribution in [-0.2, 0) is 0 Å². The third kappa shape index (κ3) is 2.44. The maximum Gasteiger partial charge on any atom is 0.489 e. The van der Waals surface area contributed by atoms with Gasteiger partial charge in [0, 0.05) is 0 Å². The van der Waals surface area contributed by atoms with Gasteiger partial charge in [0.2, 0.25) is 0 Å². The Hall–Kier alpha value is -3.14. The van der Waals surface area contributed by atoms with E-state index in [0.717, 1.165) is 32.7 Å². The molecule has 0 saturated carbocycles. The van der Waals surface area contributed by atoms with Crippen LogP contribution in [0.2, 0.25) is 0 Å². The zero-order chi connectivity index (χ0) is 18.4. The number of fused-ring (bicyclic) bond motifs is 3. The largest absolute Gasteiger partial charge is 0.489 e. The van der Waals surface area contributed by atoms with Crippen LogP contribution in [0, 0.1) is 0 Å². The first-order valence-corrected chi connectivity index (χ1v) is 9.03. The third-order valence-corrected chi connectivity index (χ3v) is 5.29. The van der Waals surface area contributed by atoms with Crippen molar-refractivity contribution in [2.24, 2.45) is 0 Å². The van der Waals surface area contributed by atoms with Crippen molar-refractivity contribution in [3.8, 4) is 11.1 Å². The van der Waals surface area contributed by atoms with Gasteiger partial charge in [-0.3, -0.25) is 0 Å². The van der Waals surface area contributed by atoms with Crippen molar-refractivity contribution < 1.29 is 10.0 Å². The maximum atomic E-state index is 10.1. The average molecular weight is 348 g/mol.